The lowest BCUT2D eigenvalue weighted by atomic mass is 10.2. The fourth-order valence-electron chi connectivity index (χ4n) is 2.96. The number of rotatable bonds is 3. The second-order valence-corrected chi connectivity index (χ2v) is 7.07. The summed E-state index contributed by atoms with van der Waals surface area (Å²) in [6.07, 6.45) is 5.30. The van der Waals surface area contributed by atoms with E-state index < -0.39 is 0 Å². The molecule has 1 aliphatic heterocycles. The quantitative estimate of drug-likeness (QED) is 0.481. The minimum Gasteiger partial charge on any atom is -0.380 e. The van der Waals surface area contributed by atoms with Crippen LogP contribution in [0, 0.1) is 0 Å². The molecule has 6 heteroatoms. The number of pyridine rings is 1. The summed E-state index contributed by atoms with van der Waals surface area (Å²) < 4.78 is 0. The number of para-hydroxylation sites is 1. The number of fused-ring (bicyclic) bond motifs is 3. The van der Waals surface area contributed by atoms with Gasteiger partial charge in [-0.1, -0.05) is 36.0 Å². The van der Waals surface area contributed by atoms with Crippen LogP contribution < -0.4 is 10.6 Å². The van der Waals surface area contributed by atoms with Gasteiger partial charge in [0, 0.05) is 29.2 Å². The van der Waals surface area contributed by atoms with Crippen LogP contribution in [0.5, 0.6) is 0 Å². The van der Waals surface area contributed by atoms with Crippen molar-refractivity contribution < 1.29 is 0 Å². The molecule has 0 fully saturated rings. The van der Waals surface area contributed by atoms with Crippen LogP contribution in [0.4, 0.5) is 17.2 Å². The molecule has 0 aliphatic carbocycles. The molecule has 126 valence electrons. The predicted molar refractivity (Wildman–Crippen MR) is 105 cm³/mol. The predicted octanol–water partition coefficient (Wildman–Crippen LogP) is 4.85. The molecule has 1 aliphatic rings. The summed E-state index contributed by atoms with van der Waals surface area (Å²) in [4.78, 5) is 14.4. The Hall–Kier alpha value is -3.12. The van der Waals surface area contributed by atoms with Crippen molar-refractivity contribution in [3.63, 3.8) is 0 Å². The molecule has 0 amide bonds. The van der Waals surface area contributed by atoms with Gasteiger partial charge in [-0.25, -0.2) is 9.97 Å². The van der Waals surface area contributed by atoms with E-state index in [0.29, 0.717) is 0 Å². The molecule has 0 saturated carbocycles. The summed E-state index contributed by atoms with van der Waals surface area (Å²) in [5.41, 5.74) is 4.28. The SMILES string of the molecule is c1ccc2ncc(NCc3ccc4c(c3)Nc3nccnc3S4)cc2c1. The van der Waals surface area contributed by atoms with Crippen molar-refractivity contribution in [2.45, 2.75) is 16.5 Å². The van der Waals surface area contributed by atoms with E-state index >= 15 is 0 Å². The molecular formula is C20H15N5S. The van der Waals surface area contributed by atoms with Crippen LogP contribution in [-0.4, -0.2) is 15.0 Å². The number of nitrogens with one attached hydrogen (secondary N) is 2. The zero-order valence-electron chi connectivity index (χ0n) is 13.8. The van der Waals surface area contributed by atoms with Crippen molar-refractivity contribution >= 4 is 39.9 Å². The molecule has 2 aromatic heterocycles. The highest BCUT2D eigenvalue weighted by atomic mass is 32.2. The molecule has 2 N–H and O–H groups in total. The van der Waals surface area contributed by atoms with Crippen LogP contribution >= 0.6 is 11.8 Å². The highest BCUT2D eigenvalue weighted by Crippen LogP contribution is 2.42. The maximum Gasteiger partial charge on any atom is 0.163 e. The van der Waals surface area contributed by atoms with Crippen molar-refractivity contribution in [3.8, 4) is 0 Å². The Bertz CT molecular complexity index is 1110. The third kappa shape index (κ3) is 2.84. The fourth-order valence-corrected chi connectivity index (χ4v) is 3.84. The third-order valence-corrected chi connectivity index (χ3v) is 5.32. The molecule has 26 heavy (non-hydrogen) atoms. The Morgan fingerprint density at radius 1 is 0.962 bits per heavy atom. The zero-order chi connectivity index (χ0) is 17.3. The van der Waals surface area contributed by atoms with Gasteiger partial charge in [0.15, 0.2) is 5.82 Å². The molecule has 3 heterocycles. The molecular weight excluding hydrogens is 342 g/mol. The summed E-state index contributed by atoms with van der Waals surface area (Å²) in [5, 5.41) is 8.87. The standard InChI is InChI=1S/C20H15N5S/c1-2-4-16-14(3-1)10-15(12-24-16)23-11-13-5-6-18-17(9-13)25-19-20(26-18)22-8-7-21-19/h1-10,12,23H,11H2,(H,21,25). The molecule has 0 atom stereocenters. The van der Waals surface area contributed by atoms with Crippen molar-refractivity contribution in [1.82, 2.24) is 15.0 Å². The summed E-state index contributed by atoms with van der Waals surface area (Å²) in [5.74, 6) is 0.814. The van der Waals surface area contributed by atoms with Crippen LogP contribution in [0.1, 0.15) is 5.56 Å². The van der Waals surface area contributed by atoms with Gasteiger partial charge < -0.3 is 10.6 Å². The second kappa shape index (κ2) is 6.31. The van der Waals surface area contributed by atoms with Crippen molar-refractivity contribution in [2.75, 3.05) is 10.6 Å². The summed E-state index contributed by atoms with van der Waals surface area (Å²) in [6, 6.07) is 16.7. The van der Waals surface area contributed by atoms with Gasteiger partial charge in [0.25, 0.3) is 0 Å². The van der Waals surface area contributed by atoms with E-state index in [1.165, 1.54) is 5.56 Å². The van der Waals surface area contributed by atoms with Crippen LogP contribution in [0.25, 0.3) is 10.9 Å². The van der Waals surface area contributed by atoms with Gasteiger partial charge in [-0.05, 0) is 29.8 Å². The summed E-state index contributed by atoms with van der Waals surface area (Å²) in [6.45, 7) is 0.729. The molecule has 0 radical (unpaired) electrons. The van der Waals surface area contributed by atoms with Gasteiger partial charge in [0.2, 0.25) is 0 Å². The molecule has 0 bridgehead atoms. The van der Waals surface area contributed by atoms with Crippen LogP contribution in [0.3, 0.4) is 0 Å². The topological polar surface area (TPSA) is 62.7 Å². The highest BCUT2D eigenvalue weighted by Gasteiger charge is 2.17. The molecule has 5 nitrogen and oxygen atoms in total. The number of anilines is 3. The first-order chi connectivity index (χ1) is 12.8. The first kappa shape index (κ1) is 15.2. The van der Waals surface area contributed by atoms with E-state index in [1.54, 1.807) is 24.2 Å². The first-order valence-corrected chi connectivity index (χ1v) is 9.14. The van der Waals surface area contributed by atoms with Crippen molar-refractivity contribution in [2.24, 2.45) is 0 Å². The lowest BCUT2D eigenvalue weighted by Gasteiger charge is -2.19. The van der Waals surface area contributed by atoms with E-state index in [1.807, 2.05) is 24.4 Å². The van der Waals surface area contributed by atoms with E-state index in [0.717, 1.165) is 44.6 Å². The van der Waals surface area contributed by atoms with E-state index in [4.69, 9.17) is 0 Å². The summed E-state index contributed by atoms with van der Waals surface area (Å²) in [7, 11) is 0. The molecule has 0 saturated heterocycles. The van der Waals surface area contributed by atoms with Crippen LogP contribution in [-0.2, 0) is 6.54 Å². The minimum absolute atomic E-state index is 0.729. The average Bonchev–Trinajstić information content (AvgIpc) is 2.70. The summed E-state index contributed by atoms with van der Waals surface area (Å²) >= 11 is 1.64. The first-order valence-electron chi connectivity index (χ1n) is 8.33. The molecule has 5 rings (SSSR count). The number of benzene rings is 2. The highest BCUT2D eigenvalue weighted by molar-refractivity contribution is 7.99. The van der Waals surface area contributed by atoms with Gasteiger partial charge in [-0.15, -0.1) is 0 Å². The van der Waals surface area contributed by atoms with E-state index in [2.05, 4.69) is 55.9 Å². The van der Waals surface area contributed by atoms with Gasteiger partial charge in [-0.2, -0.15) is 0 Å². The Morgan fingerprint density at radius 3 is 2.88 bits per heavy atom. The van der Waals surface area contributed by atoms with Crippen molar-refractivity contribution in [1.29, 1.82) is 0 Å². The number of hydrogen-bond acceptors (Lipinski definition) is 6. The fraction of sp³-hybridized carbons (Fsp3) is 0.0500. The Morgan fingerprint density at radius 2 is 1.88 bits per heavy atom. The lowest BCUT2D eigenvalue weighted by molar-refractivity contribution is 1.04. The molecule has 2 aromatic carbocycles. The van der Waals surface area contributed by atoms with E-state index in [-0.39, 0.29) is 0 Å². The van der Waals surface area contributed by atoms with Gasteiger partial charge in [-0.3, -0.25) is 4.98 Å². The normalized spacial score (nSPS) is 12.2. The Kier molecular flexibility index (Phi) is 3.68. The van der Waals surface area contributed by atoms with Gasteiger partial charge in [0.1, 0.15) is 5.03 Å². The number of nitrogens with zero attached hydrogens (tertiary/aromatic N) is 3. The smallest absolute Gasteiger partial charge is 0.163 e. The van der Waals surface area contributed by atoms with Crippen LogP contribution in [0.15, 0.2) is 77.0 Å². The van der Waals surface area contributed by atoms with Crippen molar-refractivity contribution in [3.05, 3.63) is 72.7 Å². The molecule has 0 unspecified atom stereocenters. The number of aromatic nitrogens is 3. The maximum atomic E-state index is 4.50. The zero-order valence-corrected chi connectivity index (χ0v) is 14.6. The average molecular weight is 357 g/mol. The maximum absolute atomic E-state index is 4.50. The largest absolute Gasteiger partial charge is 0.380 e. The minimum atomic E-state index is 0.729. The second-order valence-electron chi connectivity index (χ2n) is 6.04. The third-order valence-electron chi connectivity index (χ3n) is 4.26. The van der Waals surface area contributed by atoms with Crippen LogP contribution in [0.2, 0.25) is 0 Å². The monoisotopic (exact) mass is 357 g/mol. The Balaban J connectivity index is 1.35. The number of hydrogen-bond donors (Lipinski definition) is 2. The van der Waals surface area contributed by atoms with E-state index in [9.17, 15) is 0 Å². The molecule has 0 spiro atoms. The molecule has 4 aromatic rings. The lowest BCUT2D eigenvalue weighted by Crippen LogP contribution is -2.05. The Labute approximate surface area is 154 Å². The van der Waals surface area contributed by atoms with Gasteiger partial charge in [0.05, 0.1) is 23.1 Å². The van der Waals surface area contributed by atoms with Gasteiger partial charge >= 0.3 is 0 Å².